The predicted molar refractivity (Wildman–Crippen MR) is 115 cm³/mol. The second-order valence-electron chi connectivity index (χ2n) is 6.29. The van der Waals surface area contributed by atoms with Crippen molar-refractivity contribution in [1.82, 2.24) is 4.98 Å². The monoisotopic (exact) mass is 426 g/mol. The summed E-state index contributed by atoms with van der Waals surface area (Å²) in [5.74, 6) is -0.362. The number of pyridine rings is 1. The van der Waals surface area contributed by atoms with Crippen LogP contribution in [0, 0.1) is 12.8 Å². The molecule has 0 saturated carbocycles. The Kier molecular flexibility index (Phi) is 5.79. The Morgan fingerprint density at radius 1 is 1.23 bits per heavy atom. The van der Waals surface area contributed by atoms with Crippen LogP contribution >= 0.6 is 28.1 Å². The minimum absolute atomic E-state index is 0.0618. The second-order valence-corrected chi connectivity index (χ2v) is 7.70. The summed E-state index contributed by atoms with van der Waals surface area (Å²) in [5, 5.41) is 2.98. The number of thiocarbonyl (C=S) groups is 1. The summed E-state index contributed by atoms with van der Waals surface area (Å²) in [4.78, 5) is 17.6. The molecule has 1 heterocycles. The van der Waals surface area contributed by atoms with Crippen LogP contribution in [-0.2, 0) is 4.79 Å². The third-order valence-electron chi connectivity index (χ3n) is 4.34. The Labute approximate surface area is 167 Å². The smallest absolute Gasteiger partial charge is 0.231 e. The number of aromatic nitrogens is 1. The number of aryl methyl sites for hydroxylation is 1. The van der Waals surface area contributed by atoms with Gasteiger partial charge in [-0.2, -0.15) is 0 Å². The van der Waals surface area contributed by atoms with Crippen molar-refractivity contribution in [2.75, 3.05) is 5.32 Å². The molecule has 1 amide bonds. The average Bonchev–Trinajstić information content (AvgIpc) is 2.63. The first-order valence-electron chi connectivity index (χ1n) is 8.38. The van der Waals surface area contributed by atoms with Crippen LogP contribution in [0.25, 0.3) is 11.1 Å². The number of halogens is 1. The molecule has 1 atom stereocenters. The van der Waals surface area contributed by atoms with Gasteiger partial charge in [-0.15, -0.1) is 0 Å². The predicted octanol–water partition coefficient (Wildman–Crippen LogP) is 5.61. The molecule has 1 aliphatic rings. The molecule has 26 heavy (non-hydrogen) atoms. The molecule has 1 unspecified atom stereocenters. The number of nitrogens with zero attached hydrogens (tertiary/aromatic N) is 1. The van der Waals surface area contributed by atoms with E-state index in [1.54, 1.807) is 6.20 Å². The number of hydrogen-bond acceptors (Lipinski definition) is 3. The zero-order valence-electron chi connectivity index (χ0n) is 14.6. The highest BCUT2D eigenvalue weighted by Crippen LogP contribution is 2.27. The van der Waals surface area contributed by atoms with E-state index in [9.17, 15) is 4.79 Å². The largest absolute Gasteiger partial charge is 0.326 e. The van der Waals surface area contributed by atoms with Gasteiger partial charge in [-0.25, -0.2) is 0 Å². The van der Waals surface area contributed by atoms with Crippen molar-refractivity contribution in [3.8, 4) is 11.1 Å². The molecule has 1 N–H and O–H groups in total. The summed E-state index contributed by atoms with van der Waals surface area (Å²) < 4.78 is 0.970. The van der Waals surface area contributed by atoms with Crippen molar-refractivity contribution in [2.24, 2.45) is 5.92 Å². The molecular weight excluding hydrogens is 408 g/mol. The topological polar surface area (TPSA) is 42.0 Å². The molecule has 0 fully saturated rings. The van der Waals surface area contributed by atoms with E-state index in [4.69, 9.17) is 12.2 Å². The van der Waals surface area contributed by atoms with Crippen molar-refractivity contribution < 1.29 is 4.79 Å². The maximum absolute atomic E-state index is 12.6. The Hall–Kier alpha value is -2.11. The number of rotatable bonds is 4. The zero-order chi connectivity index (χ0) is 18.7. The summed E-state index contributed by atoms with van der Waals surface area (Å²) in [6, 6.07) is 11.8. The number of hydrogen-bond donors (Lipinski definition) is 1. The molecule has 132 valence electrons. The van der Waals surface area contributed by atoms with E-state index in [0.29, 0.717) is 6.42 Å². The van der Waals surface area contributed by atoms with Gasteiger partial charge in [0.15, 0.2) is 0 Å². The van der Waals surface area contributed by atoms with Gasteiger partial charge in [-0.3, -0.25) is 9.78 Å². The van der Waals surface area contributed by atoms with Crippen molar-refractivity contribution >= 4 is 44.6 Å². The molecule has 0 radical (unpaired) electrons. The fraction of sp³-hybridized carbons (Fsp3) is 0.190. The van der Waals surface area contributed by atoms with Gasteiger partial charge in [0, 0.05) is 33.3 Å². The van der Waals surface area contributed by atoms with E-state index in [0.717, 1.165) is 37.4 Å². The lowest BCUT2D eigenvalue weighted by atomic mass is 9.92. The zero-order valence-corrected chi connectivity index (χ0v) is 17.0. The highest BCUT2D eigenvalue weighted by molar-refractivity contribution is 9.11. The molecule has 0 bridgehead atoms. The van der Waals surface area contributed by atoms with Gasteiger partial charge in [0.2, 0.25) is 5.91 Å². The molecule has 2 aromatic rings. The fourth-order valence-electron chi connectivity index (χ4n) is 2.83. The van der Waals surface area contributed by atoms with E-state index in [2.05, 4.69) is 26.2 Å². The lowest BCUT2D eigenvalue weighted by Gasteiger charge is -2.19. The Bertz CT molecular complexity index is 916. The van der Waals surface area contributed by atoms with Crippen LogP contribution < -0.4 is 5.32 Å². The van der Waals surface area contributed by atoms with Crippen molar-refractivity contribution in [3.05, 3.63) is 70.5 Å². The minimum atomic E-state index is -0.300. The molecule has 0 saturated heterocycles. The number of benzene rings is 1. The molecule has 3 rings (SSSR count). The molecule has 0 aliphatic heterocycles. The molecule has 1 aromatic heterocycles. The van der Waals surface area contributed by atoms with Gasteiger partial charge in [-0.1, -0.05) is 46.4 Å². The number of carbonyl (C=O) groups is 1. The Morgan fingerprint density at radius 3 is 2.65 bits per heavy atom. The van der Waals surface area contributed by atoms with Gasteiger partial charge >= 0.3 is 0 Å². The summed E-state index contributed by atoms with van der Waals surface area (Å²) >= 11 is 8.87. The highest BCUT2D eigenvalue weighted by Gasteiger charge is 2.22. The van der Waals surface area contributed by atoms with Gasteiger partial charge in [-0.05, 0) is 60.9 Å². The van der Waals surface area contributed by atoms with Crippen molar-refractivity contribution in [3.63, 3.8) is 0 Å². The van der Waals surface area contributed by atoms with Gasteiger partial charge in [0.25, 0.3) is 0 Å². The van der Waals surface area contributed by atoms with Crippen LogP contribution in [0.1, 0.15) is 19.0 Å². The summed E-state index contributed by atoms with van der Waals surface area (Å²) in [6.07, 6.45) is 6.44. The SMILES string of the molecule is Cc1cc(-c2ccc(NC(=O)C(C)C3=CC(Br)=CCC3=S)cc2)ccn1. The molecule has 3 nitrogen and oxygen atoms in total. The van der Waals surface area contributed by atoms with Crippen LogP contribution in [0.2, 0.25) is 0 Å². The first-order valence-corrected chi connectivity index (χ1v) is 9.58. The number of nitrogens with one attached hydrogen (secondary N) is 1. The highest BCUT2D eigenvalue weighted by atomic mass is 79.9. The average molecular weight is 427 g/mol. The Balaban J connectivity index is 1.72. The number of allylic oxidation sites excluding steroid dienone is 3. The van der Waals surface area contributed by atoms with Gasteiger partial charge in [0.1, 0.15) is 0 Å². The summed E-state index contributed by atoms with van der Waals surface area (Å²) in [7, 11) is 0. The number of anilines is 1. The maximum atomic E-state index is 12.6. The first kappa shape index (κ1) is 18.7. The molecular formula is C21H19BrN2OS. The van der Waals surface area contributed by atoms with Crippen molar-refractivity contribution in [1.29, 1.82) is 0 Å². The second kappa shape index (κ2) is 8.06. The van der Waals surface area contributed by atoms with E-state index in [-0.39, 0.29) is 11.8 Å². The van der Waals surface area contributed by atoms with Gasteiger partial charge < -0.3 is 5.32 Å². The maximum Gasteiger partial charge on any atom is 0.231 e. The van der Waals surface area contributed by atoms with Crippen molar-refractivity contribution in [2.45, 2.75) is 20.3 Å². The van der Waals surface area contributed by atoms with Crippen LogP contribution in [0.4, 0.5) is 5.69 Å². The number of amides is 1. The van der Waals surface area contributed by atoms with Crippen LogP contribution in [0.15, 0.2) is 64.8 Å². The molecule has 1 aliphatic carbocycles. The summed E-state index contributed by atoms with van der Waals surface area (Å²) in [6.45, 7) is 3.85. The fourth-order valence-corrected chi connectivity index (χ4v) is 3.55. The quantitative estimate of drug-likeness (QED) is 0.645. The molecule has 1 aromatic carbocycles. The van der Waals surface area contributed by atoms with E-state index < -0.39 is 0 Å². The third kappa shape index (κ3) is 4.34. The minimum Gasteiger partial charge on any atom is -0.326 e. The normalized spacial score (nSPS) is 15.1. The molecule has 0 spiro atoms. The standard InChI is InChI=1S/C21H19BrN2OS/c1-13-11-16(9-10-23-13)15-3-6-18(7-4-15)24-21(25)14(2)19-12-17(22)5-8-20(19)26/h3-7,9-12,14H,8H2,1-2H3,(H,24,25). The van der Waals surface area contributed by atoms with Crippen LogP contribution in [-0.4, -0.2) is 15.8 Å². The lowest BCUT2D eigenvalue weighted by Crippen LogP contribution is -2.25. The van der Waals surface area contributed by atoms with E-state index in [1.807, 2.05) is 62.4 Å². The van der Waals surface area contributed by atoms with Gasteiger partial charge in [0.05, 0.1) is 5.92 Å². The molecule has 5 heteroatoms. The first-order chi connectivity index (χ1) is 12.4. The Morgan fingerprint density at radius 2 is 1.96 bits per heavy atom. The van der Waals surface area contributed by atoms with E-state index in [1.165, 1.54) is 0 Å². The summed E-state index contributed by atoms with van der Waals surface area (Å²) in [5.41, 5.74) is 4.85. The number of carbonyl (C=O) groups excluding carboxylic acids is 1. The van der Waals surface area contributed by atoms with Crippen LogP contribution in [0.5, 0.6) is 0 Å². The van der Waals surface area contributed by atoms with E-state index >= 15 is 0 Å². The third-order valence-corrected chi connectivity index (χ3v) is 5.30. The lowest BCUT2D eigenvalue weighted by molar-refractivity contribution is -0.118. The van der Waals surface area contributed by atoms with Crippen LogP contribution in [0.3, 0.4) is 0 Å².